The molecule has 0 aromatic carbocycles. The summed E-state index contributed by atoms with van der Waals surface area (Å²) in [7, 11) is 1.59. The normalized spacial score (nSPS) is 10.2. The average Bonchev–Trinajstić information content (AvgIpc) is 2.31. The van der Waals surface area contributed by atoms with Gasteiger partial charge in [0.2, 0.25) is 0 Å². The quantitative estimate of drug-likeness (QED) is 0.598. The van der Waals surface area contributed by atoms with Crippen molar-refractivity contribution >= 4 is 0 Å². The Hall–Kier alpha value is -0.870. The Morgan fingerprint density at radius 1 is 1.80 bits per heavy atom. The Bertz CT molecular complexity index is 197. The second-order valence-electron chi connectivity index (χ2n) is 2.00. The Balaban J connectivity index is 2.49. The van der Waals surface area contributed by atoms with Crippen LogP contribution < -0.4 is 5.48 Å². The van der Waals surface area contributed by atoms with E-state index in [-0.39, 0.29) is 0 Å². The van der Waals surface area contributed by atoms with Gasteiger partial charge in [0.1, 0.15) is 0 Å². The highest BCUT2D eigenvalue weighted by molar-refractivity contribution is 5.07. The minimum Gasteiger partial charge on any atom is -0.348 e. The van der Waals surface area contributed by atoms with Crippen LogP contribution in [-0.4, -0.2) is 17.1 Å². The molecular formula is C6H11N3O. The zero-order valence-electron chi connectivity index (χ0n) is 6.14. The van der Waals surface area contributed by atoms with E-state index >= 15 is 0 Å². The summed E-state index contributed by atoms with van der Waals surface area (Å²) in [6.45, 7) is 2.62. The lowest BCUT2D eigenvalue weighted by Crippen LogP contribution is -2.11. The molecule has 1 rings (SSSR count). The van der Waals surface area contributed by atoms with E-state index < -0.39 is 0 Å². The van der Waals surface area contributed by atoms with Gasteiger partial charge in [-0.1, -0.05) is 0 Å². The number of aromatic nitrogens is 2. The van der Waals surface area contributed by atoms with Crippen LogP contribution in [0.3, 0.4) is 0 Å². The number of nitrogens with zero attached hydrogens (tertiary/aromatic N) is 1. The monoisotopic (exact) mass is 141 g/mol. The fraction of sp³-hybridized carbons (Fsp3) is 0.500. The van der Waals surface area contributed by atoms with Gasteiger partial charge in [0.25, 0.3) is 0 Å². The highest BCUT2D eigenvalue weighted by atomic mass is 16.6. The first-order valence-corrected chi connectivity index (χ1v) is 3.09. The summed E-state index contributed by atoms with van der Waals surface area (Å²) in [6.07, 6.45) is 1.67. The van der Waals surface area contributed by atoms with E-state index in [2.05, 4.69) is 20.3 Å². The smallest absolute Gasteiger partial charge is 0.0925 e. The van der Waals surface area contributed by atoms with Gasteiger partial charge in [-0.3, -0.25) is 0 Å². The molecule has 0 saturated heterocycles. The molecule has 0 unspecified atom stereocenters. The highest BCUT2D eigenvalue weighted by Gasteiger charge is 1.97. The van der Waals surface area contributed by atoms with E-state index in [1.165, 1.54) is 0 Å². The van der Waals surface area contributed by atoms with Crippen LogP contribution in [0.4, 0.5) is 0 Å². The van der Waals surface area contributed by atoms with Gasteiger partial charge in [-0.25, -0.2) is 4.98 Å². The highest BCUT2D eigenvalue weighted by Crippen LogP contribution is 1.98. The molecule has 0 radical (unpaired) electrons. The minimum absolute atomic E-state index is 0.645. The Morgan fingerprint density at radius 3 is 3.10 bits per heavy atom. The molecule has 0 fully saturated rings. The number of H-pyrrole nitrogens is 1. The van der Waals surface area contributed by atoms with Crippen LogP contribution in [0.25, 0.3) is 0 Å². The van der Waals surface area contributed by atoms with Crippen molar-refractivity contribution in [3.8, 4) is 0 Å². The molecule has 0 aliphatic heterocycles. The number of hydroxylamine groups is 1. The lowest BCUT2D eigenvalue weighted by atomic mass is 10.3. The van der Waals surface area contributed by atoms with Crippen molar-refractivity contribution in [2.45, 2.75) is 13.5 Å². The predicted molar refractivity (Wildman–Crippen MR) is 37.2 cm³/mol. The molecule has 56 valence electrons. The van der Waals surface area contributed by atoms with Crippen molar-refractivity contribution in [2.24, 2.45) is 0 Å². The van der Waals surface area contributed by atoms with Crippen LogP contribution in [-0.2, 0) is 11.4 Å². The lowest BCUT2D eigenvalue weighted by molar-refractivity contribution is 0.0858. The fourth-order valence-corrected chi connectivity index (χ4v) is 0.706. The van der Waals surface area contributed by atoms with E-state index in [9.17, 15) is 0 Å². The number of hydrogen-bond donors (Lipinski definition) is 2. The van der Waals surface area contributed by atoms with Gasteiger partial charge in [0.05, 0.1) is 25.7 Å². The van der Waals surface area contributed by atoms with E-state index in [1.54, 1.807) is 13.4 Å². The van der Waals surface area contributed by atoms with Crippen LogP contribution in [0.15, 0.2) is 6.33 Å². The maximum atomic E-state index is 4.67. The van der Waals surface area contributed by atoms with Crippen LogP contribution in [0.2, 0.25) is 0 Å². The maximum absolute atomic E-state index is 4.67. The SMILES string of the molecule is CONCc1nc[nH]c1C. The second-order valence-corrected chi connectivity index (χ2v) is 2.00. The summed E-state index contributed by atoms with van der Waals surface area (Å²) in [5, 5.41) is 0. The van der Waals surface area contributed by atoms with E-state index in [4.69, 9.17) is 0 Å². The van der Waals surface area contributed by atoms with Crippen molar-refractivity contribution in [2.75, 3.05) is 7.11 Å². The molecule has 1 heterocycles. The third-order valence-corrected chi connectivity index (χ3v) is 1.32. The van der Waals surface area contributed by atoms with E-state index in [0.29, 0.717) is 6.54 Å². The third kappa shape index (κ3) is 1.55. The third-order valence-electron chi connectivity index (χ3n) is 1.32. The zero-order valence-corrected chi connectivity index (χ0v) is 6.14. The number of aryl methyl sites for hydroxylation is 1. The van der Waals surface area contributed by atoms with E-state index in [0.717, 1.165) is 11.4 Å². The predicted octanol–water partition coefficient (Wildman–Crippen LogP) is 0.369. The Morgan fingerprint density at radius 2 is 2.60 bits per heavy atom. The summed E-state index contributed by atoms with van der Waals surface area (Å²) >= 11 is 0. The minimum atomic E-state index is 0.645. The molecule has 0 aliphatic carbocycles. The zero-order chi connectivity index (χ0) is 7.40. The first-order chi connectivity index (χ1) is 4.84. The van der Waals surface area contributed by atoms with Gasteiger partial charge < -0.3 is 9.82 Å². The first kappa shape index (κ1) is 7.24. The van der Waals surface area contributed by atoms with Gasteiger partial charge in [-0.05, 0) is 6.92 Å². The number of hydrogen-bond acceptors (Lipinski definition) is 3. The molecule has 10 heavy (non-hydrogen) atoms. The summed E-state index contributed by atoms with van der Waals surface area (Å²) in [5.74, 6) is 0. The molecular weight excluding hydrogens is 130 g/mol. The number of nitrogens with one attached hydrogen (secondary N) is 2. The van der Waals surface area contributed by atoms with Crippen molar-refractivity contribution < 1.29 is 4.84 Å². The molecule has 0 bridgehead atoms. The summed E-state index contributed by atoms with van der Waals surface area (Å²) in [5.41, 5.74) is 4.77. The molecule has 0 amide bonds. The maximum Gasteiger partial charge on any atom is 0.0925 e. The standard InChI is InChI=1S/C6H11N3O/c1-5-6(3-9-10-2)8-4-7-5/h4,9H,3H2,1-2H3,(H,7,8). The lowest BCUT2D eigenvalue weighted by Gasteiger charge is -1.97. The molecule has 0 spiro atoms. The Kier molecular flexibility index (Phi) is 2.42. The largest absolute Gasteiger partial charge is 0.348 e. The van der Waals surface area contributed by atoms with E-state index in [1.807, 2.05) is 6.92 Å². The molecule has 1 aromatic heterocycles. The summed E-state index contributed by atoms with van der Waals surface area (Å²) in [4.78, 5) is 11.7. The second kappa shape index (κ2) is 3.34. The molecule has 4 heteroatoms. The fourth-order valence-electron chi connectivity index (χ4n) is 0.706. The molecule has 0 atom stereocenters. The summed E-state index contributed by atoms with van der Waals surface area (Å²) in [6, 6.07) is 0. The number of rotatable bonds is 3. The van der Waals surface area contributed by atoms with Crippen LogP contribution >= 0.6 is 0 Å². The van der Waals surface area contributed by atoms with Crippen molar-refractivity contribution in [1.82, 2.24) is 15.4 Å². The van der Waals surface area contributed by atoms with Gasteiger partial charge in [-0.2, -0.15) is 5.48 Å². The van der Waals surface area contributed by atoms with Crippen molar-refractivity contribution in [1.29, 1.82) is 0 Å². The number of aromatic amines is 1. The Labute approximate surface area is 59.6 Å². The van der Waals surface area contributed by atoms with Crippen LogP contribution in [0.1, 0.15) is 11.4 Å². The van der Waals surface area contributed by atoms with Gasteiger partial charge in [0, 0.05) is 5.69 Å². The molecule has 0 aliphatic rings. The average molecular weight is 141 g/mol. The molecule has 4 nitrogen and oxygen atoms in total. The first-order valence-electron chi connectivity index (χ1n) is 3.09. The van der Waals surface area contributed by atoms with Gasteiger partial charge in [0.15, 0.2) is 0 Å². The molecule has 0 saturated carbocycles. The molecule has 1 aromatic rings. The van der Waals surface area contributed by atoms with Gasteiger partial charge in [-0.15, -0.1) is 0 Å². The number of imidazole rings is 1. The topological polar surface area (TPSA) is 49.9 Å². The van der Waals surface area contributed by atoms with Crippen molar-refractivity contribution in [3.05, 3.63) is 17.7 Å². The van der Waals surface area contributed by atoms with Gasteiger partial charge >= 0.3 is 0 Å². The van der Waals surface area contributed by atoms with Crippen molar-refractivity contribution in [3.63, 3.8) is 0 Å². The summed E-state index contributed by atoms with van der Waals surface area (Å²) < 4.78 is 0. The van der Waals surface area contributed by atoms with Crippen LogP contribution in [0.5, 0.6) is 0 Å². The van der Waals surface area contributed by atoms with Crippen LogP contribution in [0, 0.1) is 6.92 Å². The molecule has 2 N–H and O–H groups in total.